The maximum Gasteiger partial charge on any atom is 0.279 e. The van der Waals surface area contributed by atoms with Crippen LogP contribution in [0.5, 0.6) is 0 Å². The van der Waals surface area contributed by atoms with E-state index in [0.717, 1.165) is 0 Å². The first kappa shape index (κ1) is 17.1. The molecule has 0 radical (unpaired) electrons. The normalized spacial score (nSPS) is 15.2. The van der Waals surface area contributed by atoms with Crippen LogP contribution in [0.25, 0.3) is 0 Å². The zero-order chi connectivity index (χ0) is 14.1. The summed E-state index contributed by atoms with van der Waals surface area (Å²) in [5.41, 5.74) is 0.326. The first-order valence-electron chi connectivity index (χ1n) is 6.50. The Morgan fingerprint density at radius 1 is 0.529 bits per heavy atom. The Morgan fingerprint density at radius 2 is 0.706 bits per heavy atom. The predicted molar refractivity (Wildman–Crippen MR) is 80.3 cm³/mol. The molecule has 4 heteroatoms. The first-order chi connectivity index (χ1) is 7.12. The van der Waals surface area contributed by atoms with Crippen LogP contribution in [-0.4, -0.2) is 25.2 Å². The van der Waals surface area contributed by atoms with Gasteiger partial charge in [0, 0.05) is 16.6 Å². The van der Waals surface area contributed by atoms with E-state index in [4.69, 9.17) is 0 Å². The zero-order valence-corrected chi connectivity index (χ0v) is 14.5. The molecular weight excluding hydrogens is 226 g/mol. The van der Waals surface area contributed by atoms with Gasteiger partial charge in [-0.3, -0.25) is 0 Å². The van der Waals surface area contributed by atoms with Crippen molar-refractivity contribution in [1.82, 2.24) is 14.9 Å². The monoisotopic (exact) mass is 259 g/mol. The molecule has 0 spiro atoms. The molecule has 0 heterocycles. The van der Waals surface area contributed by atoms with E-state index in [-0.39, 0.29) is 16.6 Å². The molecule has 3 nitrogen and oxygen atoms in total. The summed E-state index contributed by atoms with van der Waals surface area (Å²) in [7, 11) is -1.91. The summed E-state index contributed by atoms with van der Waals surface area (Å²) in [4.78, 5) is 11.3. The van der Waals surface area contributed by atoms with Gasteiger partial charge in [-0.2, -0.15) is 0 Å². The Bertz CT molecular complexity index is 202. The number of hydrogen-bond donors (Lipinski definition) is 3. The van der Waals surface area contributed by atoms with Gasteiger partial charge in [0.15, 0.2) is 0 Å². The van der Waals surface area contributed by atoms with Gasteiger partial charge in [0.1, 0.15) is 0 Å². The van der Waals surface area contributed by atoms with E-state index in [1.807, 2.05) is 0 Å². The summed E-state index contributed by atoms with van der Waals surface area (Å²) >= 11 is 0. The van der Waals surface area contributed by atoms with E-state index in [2.05, 4.69) is 83.8 Å². The lowest BCUT2D eigenvalue weighted by atomic mass is 10.1. The van der Waals surface area contributed by atoms with E-state index in [1.54, 1.807) is 0 Å². The van der Waals surface area contributed by atoms with Crippen molar-refractivity contribution in [3.05, 3.63) is 0 Å². The van der Waals surface area contributed by atoms with Crippen LogP contribution in [0, 0.1) is 0 Å². The Hall–Kier alpha value is 0.0969. The lowest BCUT2D eigenvalue weighted by Gasteiger charge is -2.44. The van der Waals surface area contributed by atoms with Crippen LogP contribution in [0.15, 0.2) is 0 Å². The third-order valence-corrected chi connectivity index (χ3v) is 5.62. The van der Waals surface area contributed by atoms with Crippen molar-refractivity contribution in [3.8, 4) is 0 Å². The third-order valence-electron chi connectivity index (χ3n) is 1.88. The van der Waals surface area contributed by atoms with E-state index >= 15 is 0 Å². The Morgan fingerprint density at radius 3 is 0.824 bits per heavy atom. The van der Waals surface area contributed by atoms with Crippen LogP contribution < -0.4 is 14.9 Å². The van der Waals surface area contributed by atoms with Crippen molar-refractivity contribution in [2.24, 2.45) is 0 Å². The summed E-state index contributed by atoms with van der Waals surface area (Å²) < 4.78 is 0. The summed E-state index contributed by atoms with van der Waals surface area (Å²) in [6.07, 6.45) is 0. The maximum absolute atomic E-state index is 3.76. The Labute approximate surface area is 109 Å². The number of nitrogens with one attached hydrogen (secondary N) is 3. The van der Waals surface area contributed by atoms with Crippen molar-refractivity contribution >= 4 is 8.56 Å². The fourth-order valence-corrected chi connectivity index (χ4v) is 7.03. The van der Waals surface area contributed by atoms with Crippen LogP contribution >= 0.6 is 0 Å². The summed E-state index contributed by atoms with van der Waals surface area (Å²) in [6, 6.07) is 0. The third kappa shape index (κ3) is 9.77. The minimum Gasteiger partial charge on any atom is -0.309 e. The molecule has 0 saturated carbocycles. The van der Waals surface area contributed by atoms with Gasteiger partial charge in [-0.1, -0.05) is 0 Å². The van der Waals surface area contributed by atoms with E-state index in [1.165, 1.54) is 0 Å². The summed E-state index contributed by atoms with van der Waals surface area (Å²) in [6.45, 7) is 22.2. The first-order valence-corrected chi connectivity index (χ1v) is 9.00. The molecular formula is C13H33N3Si. The van der Waals surface area contributed by atoms with Gasteiger partial charge in [-0.25, -0.2) is 0 Å². The molecule has 0 saturated heterocycles. The van der Waals surface area contributed by atoms with Crippen LogP contribution in [-0.2, 0) is 0 Å². The Balaban J connectivity index is 4.95. The van der Waals surface area contributed by atoms with E-state index in [0.29, 0.717) is 0 Å². The highest BCUT2D eigenvalue weighted by Crippen LogP contribution is 2.12. The largest absolute Gasteiger partial charge is 0.309 e. The highest BCUT2D eigenvalue weighted by molar-refractivity contribution is 6.71. The van der Waals surface area contributed by atoms with E-state index < -0.39 is 8.56 Å². The van der Waals surface area contributed by atoms with Crippen LogP contribution in [0.1, 0.15) is 62.3 Å². The van der Waals surface area contributed by atoms with Crippen LogP contribution in [0.3, 0.4) is 0 Å². The van der Waals surface area contributed by atoms with Gasteiger partial charge in [0.25, 0.3) is 8.56 Å². The predicted octanol–water partition coefficient (Wildman–Crippen LogP) is 2.72. The highest BCUT2D eigenvalue weighted by atomic mass is 28.4. The molecule has 0 aliphatic heterocycles. The summed E-state index contributed by atoms with van der Waals surface area (Å²) in [5, 5.41) is 0. The molecule has 0 bridgehead atoms. The minimum atomic E-state index is -1.91. The summed E-state index contributed by atoms with van der Waals surface area (Å²) in [5.74, 6) is 0. The van der Waals surface area contributed by atoms with Crippen molar-refractivity contribution < 1.29 is 0 Å². The fraction of sp³-hybridized carbons (Fsp3) is 1.00. The van der Waals surface area contributed by atoms with Gasteiger partial charge in [-0.05, 0) is 68.9 Å². The average Bonchev–Trinajstić information content (AvgIpc) is 1.65. The highest BCUT2D eigenvalue weighted by Gasteiger charge is 2.38. The maximum atomic E-state index is 3.76. The second-order valence-corrected chi connectivity index (χ2v) is 11.2. The molecule has 0 rings (SSSR count). The molecule has 0 atom stereocenters. The van der Waals surface area contributed by atoms with Gasteiger partial charge in [-0.15, -0.1) is 0 Å². The minimum absolute atomic E-state index is 0.109. The average molecular weight is 260 g/mol. The van der Waals surface area contributed by atoms with E-state index in [9.17, 15) is 0 Å². The molecule has 3 N–H and O–H groups in total. The molecule has 104 valence electrons. The molecule has 0 unspecified atom stereocenters. The second kappa shape index (κ2) is 5.00. The molecule has 0 aromatic carbocycles. The van der Waals surface area contributed by atoms with Crippen molar-refractivity contribution in [3.63, 3.8) is 0 Å². The van der Waals surface area contributed by atoms with Gasteiger partial charge in [0.2, 0.25) is 0 Å². The number of hydrogen-bond acceptors (Lipinski definition) is 3. The number of rotatable bonds is 3. The van der Waals surface area contributed by atoms with Crippen molar-refractivity contribution in [1.29, 1.82) is 0 Å². The molecule has 0 aromatic rings. The quantitative estimate of drug-likeness (QED) is 0.682. The van der Waals surface area contributed by atoms with Crippen LogP contribution in [0.2, 0.25) is 6.55 Å². The standard InChI is InChI=1S/C13H33N3Si/c1-11(2,3)14-17(10,15-12(4,5)6)16-13(7,8)9/h14-16H,1-10H3. The topological polar surface area (TPSA) is 36.1 Å². The van der Waals surface area contributed by atoms with Crippen molar-refractivity contribution in [2.45, 2.75) is 85.5 Å². The smallest absolute Gasteiger partial charge is 0.279 e. The molecule has 0 aliphatic rings. The molecule has 17 heavy (non-hydrogen) atoms. The lowest BCUT2D eigenvalue weighted by molar-refractivity contribution is 0.420. The zero-order valence-electron chi connectivity index (χ0n) is 13.5. The molecule has 0 aliphatic carbocycles. The molecule has 0 amide bonds. The van der Waals surface area contributed by atoms with Crippen molar-refractivity contribution in [2.75, 3.05) is 0 Å². The van der Waals surface area contributed by atoms with Gasteiger partial charge < -0.3 is 14.9 Å². The SMILES string of the molecule is CC(C)(C)N[Si](C)(NC(C)(C)C)NC(C)(C)C. The van der Waals surface area contributed by atoms with Gasteiger partial charge in [0.05, 0.1) is 0 Å². The van der Waals surface area contributed by atoms with Crippen LogP contribution in [0.4, 0.5) is 0 Å². The lowest BCUT2D eigenvalue weighted by Crippen LogP contribution is -2.79. The molecule has 0 fully saturated rings. The fourth-order valence-electron chi connectivity index (χ4n) is 2.34. The Kier molecular flexibility index (Phi) is 5.03. The second-order valence-electron chi connectivity index (χ2n) is 8.25. The molecule has 0 aromatic heterocycles. The van der Waals surface area contributed by atoms with Gasteiger partial charge >= 0.3 is 0 Å².